The minimum absolute atomic E-state index is 0.0826. The van der Waals surface area contributed by atoms with Gasteiger partial charge in [0.05, 0.1) is 4.70 Å². The largest absolute Gasteiger partial charge is 0.485 e. The maximum absolute atomic E-state index is 15.3. The number of aryl methyl sites for hydroxylation is 1. The summed E-state index contributed by atoms with van der Waals surface area (Å²) in [4.78, 5) is 0.790. The van der Waals surface area contributed by atoms with Crippen LogP contribution < -0.4 is 4.74 Å². The Morgan fingerprint density at radius 2 is 1.71 bits per heavy atom. The van der Waals surface area contributed by atoms with Gasteiger partial charge in [-0.05, 0) is 72.6 Å². The number of benzene rings is 2. The number of hydrogen-bond acceptors (Lipinski definition) is 2. The van der Waals surface area contributed by atoms with Gasteiger partial charge in [-0.1, -0.05) is 44.9 Å². The van der Waals surface area contributed by atoms with Gasteiger partial charge in [-0.25, -0.2) is 8.78 Å². The van der Waals surface area contributed by atoms with Crippen molar-refractivity contribution in [2.75, 3.05) is 0 Å². The van der Waals surface area contributed by atoms with Crippen LogP contribution in [0, 0.1) is 23.4 Å². The second-order valence-corrected chi connectivity index (χ2v) is 9.75. The first-order valence-corrected chi connectivity index (χ1v) is 12.1. The van der Waals surface area contributed by atoms with Gasteiger partial charge in [0.1, 0.15) is 12.4 Å². The lowest BCUT2D eigenvalue weighted by molar-refractivity contribution is 0.287. The lowest BCUT2D eigenvalue weighted by atomic mass is 9.77. The van der Waals surface area contributed by atoms with E-state index in [1.54, 1.807) is 6.07 Å². The molecule has 1 saturated carbocycles. The zero-order valence-electron chi connectivity index (χ0n) is 18.1. The maximum Gasteiger partial charge on any atom is 0.200 e. The van der Waals surface area contributed by atoms with Crippen molar-refractivity contribution in [1.29, 1.82) is 0 Å². The molecular formula is C26H29F3OS. The second-order valence-electron chi connectivity index (χ2n) is 8.62. The summed E-state index contributed by atoms with van der Waals surface area (Å²) in [5.41, 5.74) is 1.17. The summed E-state index contributed by atoms with van der Waals surface area (Å²) in [6, 6.07) is 8.82. The highest BCUT2D eigenvalue weighted by Crippen LogP contribution is 2.41. The second kappa shape index (κ2) is 9.64. The fraction of sp³-hybridized carbons (Fsp3) is 0.462. The highest BCUT2D eigenvalue weighted by molar-refractivity contribution is 7.19. The summed E-state index contributed by atoms with van der Waals surface area (Å²) < 4.78 is 50.0. The predicted octanol–water partition coefficient (Wildman–Crippen LogP) is 8.53. The molecule has 31 heavy (non-hydrogen) atoms. The maximum atomic E-state index is 15.3. The normalized spacial score (nSPS) is 19.1. The molecule has 0 radical (unpaired) electrons. The molecule has 0 aliphatic heterocycles. The Hall–Kier alpha value is -2.01. The Kier molecular flexibility index (Phi) is 6.90. The van der Waals surface area contributed by atoms with Crippen molar-refractivity contribution in [1.82, 2.24) is 0 Å². The molecule has 1 aliphatic carbocycles. The minimum Gasteiger partial charge on any atom is -0.485 e. The van der Waals surface area contributed by atoms with E-state index < -0.39 is 11.6 Å². The Morgan fingerprint density at radius 3 is 2.42 bits per heavy atom. The van der Waals surface area contributed by atoms with Crippen molar-refractivity contribution in [3.05, 3.63) is 63.8 Å². The molecule has 166 valence electrons. The smallest absolute Gasteiger partial charge is 0.200 e. The topological polar surface area (TPSA) is 9.23 Å². The van der Waals surface area contributed by atoms with Gasteiger partial charge < -0.3 is 4.74 Å². The number of fused-ring (bicyclic) bond motifs is 1. The summed E-state index contributed by atoms with van der Waals surface area (Å²) in [7, 11) is 0. The first-order chi connectivity index (χ1) is 15.0. The van der Waals surface area contributed by atoms with Gasteiger partial charge in [-0.3, -0.25) is 0 Å². The number of thiophene rings is 1. The third kappa shape index (κ3) is 4.62. The number of rotatable bonds is 7. The van der Waals surface area contributed by atoms with Crippen LogP contribution in [0.4, 0.5) is 13.2 Å². The van der Waals surface area contributed by atoms with Crippen molar-refractivity contribution in [2.24, 2.45) is 5.92 Å². The molecule has 1 fully saturated rings. The molecule has 1 aromatic heterocycles. The molecule has 5 heteroatoms. The van der Waals surface area contributed by atoms with Crippen LogP contribution in [0.3, 0.4) is 0 Å². The quantitative estimate of drug-likeness (QED) is 0.353. The minimum atomic E-state index is -0.955. The SMILES string of the molecule is CCCc1ccc(OCc2cc3ccc(C4CCC(CC)CC4)c(F)c3s2)c(F)c1F. The Bertz CT molecular complexity index is 1050. The zero-order chi connectivity index (χ0) is 22.0. The number of hydrogen-bond donors (Lipinski definition) is 0. The molecule has 1 nitrogen and oxygen atoms in total. The zero-order valence-corrected chi connectivity index (χ0v) is 19.0. The van der Waals surface area contributed by atoms with E-state index in [0.29, 0.717) is 16.7 Å². The van der Waals surface area contributed by atoms with Crippen molar-refractivity contribution < 1.29 is 17.9 Å². The third-order valence-electron chi connectivity index (χ3n) is 6.59. The van der Waals surface area contributed by atoms with E-state index in [1.165, 1.54) is 36.7 Å². The first-order valence-electron chi connectivity index (χ1n) is 11.3. The standard InChI is InChI=1S/C26H29F3OS/c1-3-5-18-11-13-22(25(29)23(18)27)30-15-20-14-19-10-12-21(24(28)26(19)31-20)17-8-6-16(4-2)7-9-17/h10-14,16-17H,3-9,15H2,1-2H3. The van der Waals surface area contributed by atoms with Gasteiger partial charge in [-0.15, -0.1) is 11.3 Å². The molecule has 1 heterocycles. The van der Waals surface area contributed by atoms with E-state index in [2.05, 4.69) is 6.92 Å². The molecule has 0 saturated heterocycles. The summed E-state index contributed by atoms with van der Waals surface area (Å²) in [6.07, 6.45) is 6.85. The summed E-state index contributed by atoms with van der Waals surface area (Å²) in [6.45, 7) is 4.23. The van der Waals surface area contributed by atoms with Crippen molar-refractivity contribution in [3.8, 4) is 5.75 Å². The van der Waals surface area contributed by atoms with Gasteiger partial charge in [0.25, 0.3) is 0 Å². The Morgan fingerprint density at radius 1 is 0.935 bits per heavy atom. The molecule has 0 unspecified atom stereocenters. The summed E-state index contributed by atoms with van der Waals surface area (Å²) in [5.74, 6) is -0.978. The van der Waals surface area contributed by atoms with Gasteiger partial charge in [0, 0.05) is 4.88 Å². The average molecular weight is 447 g/mol. The molecule has 0 spiro atoms. The van der Waals surface area contributed by atoms with E-state index in [9.17, 15) is 8.78 Å². The molecule has 2 aromatic carbocycles. The highest BCUT2D eigenvalue weighted by atomic mass is 32.1. The van der Waals surface area contributed by atoms with E-state index >= 15 is 4.39 Å². The van der Waals surface area contributed by atoms with Crippen molar-refractivity contribution >= 4 is 21.4 Å². The summed E-state index contributed by atoms with van der Waals surface area (Å²) >= 11 is 1.33. The molecule has 0 amide bonds. The van der Waals surface area contributed by atoms with Crippen LogP contribution in [0.2, 0.25) is 0 Å². The van der Waals surface area contributed by atoms with Crippen LogP contribution in [0.5, 0.6) is 5.75 Å². The van der Waals surface area contributed by atoms with Crippen molar-refractivity contribution in [2.45, 2.75) is 71.3 Å². The number of halogens is 3. The first kappa shape index (κ1) is 22.2. The molecule has 0 N–H and O–H groups in total. The fourth-order valence-corrected chi connectivity index (χ4v) is 5.72. The van der Waals surface area contributed by atoms with Crippen LogP contribution in [0.15, 0.2) is 30.3 Å². The molecule has 4 rings (SSSR count). The molecule has 0 atom stereocenters. The van der Waals surface area contributed by atoms with Crippen LogP contribution in [0.25, 0.3) is 10.1 Å². The van der Waals surface area contributed by atoms with Gasteiger partial charge in [-0.2, -0.15) is 4.39 Å². The molecule has 0 bridgehead atoms. The van der Waals surface area contributed by atoms with Crippen LogP contribution >= 0.6 is 11.3 Å². The van der Waals surface area contributed by atoms with Crippen molar-refractivity contribution in [3.63, 3.8) is 0 Å². The average Bonchev–Trinajstić information content (AvgIpc) is 3.21. The molecular weight excluding hydrogens is 417 g/mol. The fourth-order valence-electron chi connectivity index (χ4n) is 4.70. The van der Waals surface area contributed by atoms with E-state index in [1.807, 2.05) is 25.1 Å². The Balaban J connectivity index is 1.50. The van der Waals surface area contributed by atoms with Crippen LogP contribution in [-0.2, 0) is 13.0 Å². The van der Waals surface area contributed by atoms with Gasteiger partial charge in [0.15, 0.2) is 11.6 Å². The van der Waals surface area contributed by atoms with Gasteiger partial charge in [0.2, 0.25) is 5.82 Å². The monoisotopic (exact) mass is 446 g/mol. The number of ether oxygens (including phenoxy) is 1. The van der Waals surface area contributed by atoms with E-state index in [4.69, 9.17) is 4.74 Å². The third-order valence-corrected chi connectivity index (χ3v) is 7.70. The summed E-state index contributed by atoms with van der Waals surface area (Å²) in [5, 5.41) is 0.831. The Labute approximate surface area is 186 Å². The van der Waals surface area contributed by atoms with Crippen LogP contribution in [0.1, 0.15) is 74.3 Å². The molecule has 1 aliphatic rings. The van der Waals surface area contributed by atoms with Gasteiger partial charge >= 0.3 is 0 Å². The predicted molar refractivity (Wildman–Crippen MR) is 121 cm³/mol. The van der Waals surface area contributed by atoms with E-state index in [0.717, 1.165) is 41.0 Å². The highest BCUT2D eigenvalue weighted by Gasteiger charge is 2.25. The lowest BCUT2D eigenvalue weighted by Crippen LogP contribution is -2.13. The van der Waals surface area contributed by atoms with Crippen LogP contribution in [-0.4, -0.2) is 0 Å². The van der Waals surface area contributed by atoms with E-state index in [-0.39, 0.29) is 24.1 Å². The lowest BCUT2D eigenvalue weighted by Gasteiger charge is -2.28. The molecule has 3 aromatic rings.